The standard InChI is InChI=1S/C9H17NO/c11-6-8-1-2-9(5-8)3-4-10-7-9/h8,10-11H,1-7H2. The van der Waals surface area contributed by atoms with Crippen LogP contribution in [0.15, 0.2) is 0 Å². The van der Waals surface area contributed by atoms with E-state index in [0.29, 0.717) is 17.9 Å². The maximum Gasteiger partial charge on any atom is 0.0459 e. The highest BCUT2D eigenvalue weighted by Crippen LogP contribution is 2.45. The van der Waals surface area contributed by atoms with Crippen molar-refractivity contribution < 1.29 is 5.11 Å². The van der Waals surface area contributed by atoms with Gasteiger partial charge in [-0.3, -0.25) is 0 Å². The van der Waals surface area contributed by atoms with E-state index in [0.717, 1.165) is 0 Å². The van der Waals surface area contributed by atoms with Gasteiger partial charge in [0, 0.05) is 13.2 Å². The molecule has 0 radical (unpaired) electrons. The van der Waals surface area contributed by atoms with Crippen LogP contribution in [0.5, 0.6) is 0 Å². The molecule has 0 amide bonds. The first-order chi connectivity index (χ1) is 5.35. The van der Waals surface area contributed by atoms with E-state index in [1.165, 1.54) is 38.8 Å². The van der Waals surface area contributed by atoms with Crippen LogP contribution in [0.3, 0.4) is 0 Å². The van der Waals surface area contributed by atoms with E-state index in [9.17, 15) is 0 Å². The molecular formula is C9H17NO. The van der Waals surface area contributed by atoms with E-state index >= 15 is 0 Å². The summed E-state index contributed by atoms with van der Waals surface area (Å²) >= 11 is 0. The van der Waals surface area contributed by atoms with Gasteiger partial charge in [0.2, 0.25) is 0 Å². The van der Waals surface area contributed by atoms with Crippen LogP contribution in [0, 0.1) is 11.3 Å². The quantitative estimate of drug-likeness (QED) is 0.586. The second kappa shape index (κ2) is 2.76. The number of hydrogen-bond donors (Lipinski definition) is 2. The lowest BCUT2D eigenvalue weighted by Gasteiger charge is -2.21. The number of nitrogens with one attached hydrogen (secondary N) is 1. The molecule has 0 bridgehead atoms. The van der Waals surface area contributed by atoms with Gasteiger partial charge in [-0.15, -0.1) is 0 Å². The highest BCUT2D eigenvalue weighted by molar-refractivity contribution is 4.94. The fourth-order valence-electron chi connectivity index (χ4n) is 2.67. The Bertz CT molecular complexity index is 140. The summed E-state index contributed by atoms with van der Waals surface area (Å²) in [6.45, 7) is 2.80. The highest BCUT2D eigenvalue weighted by Gasteiger charge is 2.40. The zero-order valence-electron chi connectivity index (χ0n) is 6.97. The van der Waals surface area contributed by atoms with Gasteiger partial charge >= 0.3 is 0 Å². The summed E-state index contributed by atoms with van der Waals surface area (Å²) in [5, 5.41) is 12.4. The first-order valence-corrected chi connectivity index (χ1v) is 4.66. The summed E-state index contributed by atoms with van der Waals surface area (Å²) in [5.74, 6) is 0.606. The molecular weight excluding hydrogens is 138 g/mol. The Hall–Kier alpha value is -0.0800. The van der Waals surface area contributed by atoms with Gasteiger partial charge in [0.25, 0.3) is 0 Å². The largest absolute Gasteiger partial charge is 0.396 e. The maximum absolute atomic E-state index is 8.99. The molecule has 2 fully saturated rings. The average molecular weight is 155 g/mol. The van der Waals surface area contributed by atoms with E-state index < -0.39 is 0 Å². The number of aliphatic hydroxyl groups excluding tert-OH is 1. The Morgan fingerprint density at radius 3 is 2.91 bits per heavy atom. The lowest BCUT2D eigenvalue weighted by atomic mass is 9.85. The Kier molecular flexibility index (Phi) is 1.90. The predicted molar refractivity (Wildman–Crippen MR) is 44.3 cm³/mol. The Morgan fingerprint density at radius 1 is 1.45 bits per heavy atom. The first-order valence-electron chi connectivity index (χ1n) is 4.66. The van der Waals surface area contributed by atoms with Crippen molar-refractivity contribution >= 4 is 0 Å². The molecule has 0 aromatic heterocycles. The van der Waals surface area contributed by atoms with Crippen LogP contribution in [-0.2, 0) is 0 Å². The fraction of sp³-hybridized carbons (Fsp3) is 1.00. The zero-order chi connectivity index (χ0) is 7.73. The van der Waals surface area contributed by atoms with Gasteiger partial charge in [-0.25, -0.2) is 0 Å². The molecule has 2 rings (SSSR count). The van der Waals surface area contributed by atoms with Crippen LogP contribution in [-0.4, -0.2) is 24.8 Å². The van der Waals surface area contributed by atoms with Crippen molar-refractivity contribution in [3.05, 3.63) is 0 Å². The summed E-state index contributed by atoms with van der Waals surface area (Å²) in [5.41, 5.74) is 0.591. The van der Waals surface area contributed by atoms with Gasteiger partial charge in [0.15, 0.2) is 0 Å². The van der Waals surface area contributed by atoms with E-state index in [1.807, 2.05) is 0 Å². The highest BCUT2D eigenvalue weighted by atomic mass is 16.3. The van der Waals surface area contributed by atoms with Gasteiger partial charge in [-0.1, -0.05) is 0 Å². The molecule has 1 aliphatic carbocycles. The summed E-state index contributed by atoms with van der Waals surface area (Å²) in [6.07, 6.45) is 5.18. The van der Waals surface area contributed by atoms with Crippen LogP contribution < -0.4 is 5.32 Å². The molecule has 1 saturated heterocycles. The molecule has 2 N–H and O–H groups in total. The Balaban J connectivity index is 1.96. The molecule has 64 valence electrons. The normalized spacial score (nSPS) is 43.9. The molecule has 2 unspecified atom stereocenters. The molecule has 2 aliphatic rings. The SMILES string of the molecule is OCC1CCC2(CCNC2)C1. The smallest absolute Gasteiger partial charge is 0.0459 e. The summed E-state index contributed by atoms with van der Waals surface area (Å²) in [4.78, 5) is 0. The molecule has 2 heteroatoms. The molecule has 0 aromatic rings. The van der Waals surface area contributed by atoms with Gasteiger partial charge < -0.3 is 10.4 Å². The molecule has 11 heavy (non-hydrogen) atoms. The van der Waals surface area contributed by atoms with E-state index in [-0.39, 0.29) is 0 Å². The van der Waals surface area contributed by atoms with Crippen molar-refractivity contribution in [2.24, 2.45) is 11.3 Å². The average Bonchev–Trinajstić information content (AvgIpc) is 2.62. The third kappa shape index (κ3) is 1.30. The maximum atomic E-state index is 8.99. The fourth-order valence-corrected chi connectivity index (χ4v) is 2.67. The van der Waals surface area contributed by atoms with Gasteiger partial charge in [-0.2, -0.15) is 0 Å². The molecule has 0 aromatic carbocycles. The number of rotatable bonds is 1. The van der Waals surface area contributed by atoms with E-state index in [1.54, 1.807) is 0 Å². The summed E-state index contributed by atoms with van der Waals surface area (Å²) < 4.78 is 0. The van der Waals surface area contributed by atoms with Crippen LogP contribution >= 0.6 is 0 Å². The second-order valence-corrected chi connectivity index (χ2v) is 4.22. The third-order valence-electron chi connectivity index (χ3n) is 3.39. The van der Waals surface area contributed by atoms with Crippen LogP contribution in [0.25, 0.3) is 0 Å². The van der Waals surface area contributed by atoms with Crippen molar-refractivity contribution in [2.75, 3.05) is 19.7 Å². The van der Waals surface area contributed by atoms with Crippen molar-refractivity contribution in [2.45, 2.75) is 25.7 Å². The minimum absolute atomic E-state index is 0.405. The topological polar surface area (TPSA) is 32.3 Å². The molecule has 1 spiro atoms. The second-order valence-electron chi connectivity index (χ2n) is 4.22. The van der Waals surface area contributed by atoms with Gasteiger partial charge in [-0.05, 0) is 43.6 Å². The third-order valence-corrected chi connectivity index (χ3v) is 3.39. The Labute approximate surface area is 68.0 Å². The van der Waals surface area contributed by atoms with Crippen LogP contribution in [0.1, 0.15) is 25.7 Å². The summed E-state index contributed by atoms with van der Waals surface area (Å²) in [6, 6.07) is 0. The van der Waals surface area contributed by atoms with Crippen molar-refractivity contribution in [1.29, 1.82) is 0 Å². The Morgan fingerprint density at radius 2 is 2.36 bits per heavy atom. The summed E-state index contributed by atoms with van der Waals surface area (Å²) in [7, 11) is 0. The van der Waals surface area contributed by atoms with Crippen LogP contribution in [0.2, 0.25) is 0 Å². The molecule has 1 saturated carbocycles. The first kappa shape index (κ1) is 7.56. The number of aliphatic hydroxyl groups is 1. The van der Waals surface area contributed by atoms with Gasteiger partial charge in [0.05, 0.1) is 0 Å². The number of hydrogen-bond acceptors (Lipinski definition) is 2. The van der Waals surface area contributed by atoms with Crippen molar-refractivity contribution in [3.8, 4) is 0 Å². The lowest BCUT2D eigenvalue weighted by molar-refractivity contribution is 0.213. The predicted octanol–water partition coefficient (Wildman–Crippen LogP) is 0.758. The van der Waals surface area contributed by atoms with Gasteiger partial charge in [0.1, 0.15) is 0 Å². The molecule has 2 atom stereocenters. The molecule has 1 aliphatic heterocycles. The zero-order valence-corrected chi connectivity index (χ0v) is 6.97. The van der Waals surface area contributed by atoms with E-state index in [2.05, 4.69) is 5.32 Å². The lowest BCUT2D eigenvalue weighted by Crippen LogP contribution is -2.20. The minimum atomic E-state index is 0.405. The van der Waals surface area contributed by atoms with Crippen molar-refractivity contribution in [3.63, 3.8) is 0 Å². The van der Waals surface area contributed by atoms with Crippen LogP contribution in [0.4, 0.5) is 0 Å². The van der Waals surface area contributed by atoms with E-state index in [4.69, 9.17) is 5.11 Å². The monoisotopic (exact) mass is 155 g/mol. The molecule has 1 heterocycles. The molecule has 2 nitrogen and oxygen atoms in total. The van der Waals surface area contributed by atoms with Crippen molar-refractivity contribution in [1.82, 2.24) is 5.32 Å². The minimum Gasteiger partial charge on any atom is -0.396 e.